The minimum Gasteiger partial charge on any atom is -0.338 e. The van der Waals surface area contributed by atoms with E-state index in [9.17, 15) is 4.79 Å². The van der Waals surface area contributed by atoms with Crippen LogP contribution in [0.5, 0.6) is 0 Å². The summed E-state index contributed by atoms with van der Waals surface area (Å²) in [5.41, 5.74) is 1.66. The third-order valence-electron chi connectivity index (χ3n) is 2.00. The molecular formula is C11H9NO2. The zero-order valence-electron chi connectivity index (χ0n) is 7.49. The van der Waals surface area contributed by atoms with Crippen molar-refractivity contribution in [1.82, 2.24) is 5.16 Å². The number of rotatable bonds is 2. The number of hydrogen-bond donors (Lipinski definition) is 1. The molecule has 14 heavy (non-hydrogen) atoms. The van der Waals surface area contributed by atoms with E-state index in [2.05, 4.69) is 16.3 Å². The third kappa shape index (κ3) is 1.29. The van der Waals surface area contributed by atoms with Gasteiger partial charge in [0.1, 0.15) is 0 Å². The smallest absolute Gasteiger partial charge is 0.338 e. The lowest BCUT2D eigenvalue weighted by atomic mass is 10.1. The van der Waals surface area contributed by atoms with E-state index >= 15 is 0 Å². The number of benzene rings is 1. The van der Waals surface area contributed by atoms with Crippen LogP contribution in [0.3, 0.4) is 0 Å². The molecule has 0 saturated carbocycles. The maximum absolute atomic E-state index is 11.2. The molecule has 1 aromatic heterocycles. The standard InChI is InChI=1S/C11H9NO2/c1-2-9-10(12-14-11(9)13)8-6-4-3-5-7-8/h2-7,12H,1H2. The Morgan fingerprint density at radius 2 is 2.00 bits per heavy atom. The average Bonchev–Trinajstić information content (AvgIpc) is 2.61. The van der Waals surface area contributed by atoms with Gasteiger partial charge in [-0.05, 0) is 0 Å². The number of aromatic amines is 1. The molecule has 0 spiro atoms. The van der Waals surface area contributed by atoms with Crippen LogP contribution in [0.25, 0.3) is 17.3 Å². The minimum atomic E-state index is -0.390. The first-order valence-electron chi connectivity index (χ1n) is 4.22. The molecule has 0 radical (unpaired) electrons. The van der Waals surface area contributed by atoms with E-state index in [4.69, 9.17) is 0 Å². The van der Waals surface area contributed by atoms with E-state index in [0.29, 0.717) is 11.3 Å². The Kier molecular flexibility index (Phi) is 2.07. The normalized spacial score (nSPS) is 10.0. The van der Waals surface area contributed by atoms with E-state index in [1.807, 2.05) is 30.3 Å². The molecule has 1 aromatic carbocycles. The highest BCUT2D eigenvalue weighted by atomic mass is 16.5. The quantitative estimate of drug-likeness (QED) is 0.783. The maximum Gasteiger partial charge on any atom is 0.365 e. The zero-order chi connectivity index (χ0) is 9.97. The van der Waals surface area contributed by atoms with Crippen molar-refractivity contribution in [3.8, 4) is 11.3 Å². The van der Waals surface area contributed by atoms with Gasteiger partial charge in [-0.3, -0.25) is 0 Å². The molecule has 0 fully saturated rings. The predicted molar refractivity (Wildman–Crippen MR) is 54.9 cm³/mol. The van der Waals surface area contributed by atoms with Gasteiger partial charge in [-0.1, -0.05) is 43.0 Å². The number of aromatic nitrogens is 1. The van der Waals surface area contributed by atoms with Crippen LogP contribution in [0.1, 0.15) is 5.56 Å². The van der Waals surface area contributed by atoms with Crippen molar-refractivity contribution >= 4 is 6.08 Å². The van der Waals surface area contributed by atoms with Gasteiger partial charge in [0.25, 0.3) is 0 Å². The highest BCUT2D eigenvalue weighted by molar-refractivity contribution is 5.69. The van der Waals surface area contributed by atoms with Crippen LogP contribution in [0, 0.1) is 0 Å². The highest BCUT2D eigenvalue weighted by Crippen LogP contribution is 2.19. The van der Waals surface area contributed by atoms with Gasteiger partial charge >= 0.3 is 5.63 Å². The van der Waals surface area contributed by atoms with Gasteiger partial charge in [-0.25, -0.2) is 9.95 Å². The molecule has 0 aliphatic rings. The molecule has 2 rings (SSSR count). The summed E-state index contributed by atoms with van der Waals surface area (Å²) in [4.78, 5) is 11.2. The summed E-state index contributed by atoms with van der Waals surface area (Å²) >= 11 is 0. The van der Waals surface area contributed by atoms with Crippen LogP contribution in [0.2, 0.25) is 0 Å². The molecule has 3 heteroatoms. The van der Waals surface area contributed by atoms with Crippen molar-refractivity contribution in [3.63, 3.8) is 0 Å². The van der Waals surface area contributed by atoms with Gasteiger partial charge in [0, 0.05) is 5.56 Å². The van der Waals surface area contributed by atoms with E-state index in [-0.39, 0.29) is 5.63 Å². The average molecular weight is 187 g/mol. The van der Waals surface area contributed by atoms with Gasteiger partial charge in [0.2, 0.25) is 0 Å². The van der Waals surface area contributed by atoms with Crippen LogP contribution >= 0.6 is 0 Å². The van der Waals surface area contributed by atoms with Crippen molar-refractivity contribution in [2.45, 2.75) is 0 Å². The lowest BCUT2D eigenvalue weighted by Crippen LogP contribution is -1.95. The Morgan fingerprint density at radius 1 is 1.29 bits per heavy atom. The first-order valence-corrected chi connectivity index (χ1v) is 4.22. The summed E-state index contributed by atoms with van der Waals surface area (Å²) in [5, 5.41) is 2.58. The third-order valence-corrected chi connectivity index (χ3v) is 2.00. The molecule has 0 amide bonds. The minimum absolute atomic E-state index is 0.390. The molecule has 0 aliphatic heterocycles. The second-order valence-corrected chi connectivity index (χ2v) is 2.85. The van der Waals surface area contributed by atoms with Gasteiger partial charge in [-0.2, -0.15) is 0 Å². The fourth-order valence-corrected chi connectivity index (χ4v) is 1.31. The van der Waals surface area contributed by atoms with Gasteiger partial charge in [-0.15, -0.1) is 0 Å². The van der Waals surface area contributed by atoms with Crippen molar-refractivity contribution in [2.75, 3.05) is 0 Å². The second kappa shape index (κ2) is 3.38. The van der Waals surface area contributed by atoms with Gasteiger partial charge in [0.15, 0.2) is 0 Å². The fourth-order valence-electron chi connectivity index (χ4n) is 1.31. The molecule has 2 aromatic rings. The second-order valence-electron chi connectivity index (χ2n) is 2.85. The number of nitrogens with one attached hydrogen (secondary N) is 1. The van der Waals surface area contributed by atoms with Crippen LogP contribution in [0.15, 0.2) is 46.2 Å². The monoisotopic (exact) mass is 187 g/mol. The first-order chi connectivity index (χ1) is 6.83. The Morgan fingerprint density at radius 3 is 2.64 bits per heavy atom. The van der Waals surface area contributed by atoms with Crippen LogP contribution in [0.4, 0.5) is 0 Å². The maximum atomic E-state index is 11.2. The van der Waals surface area contributed by atoms with Crippen LogP contribution in [-0.4, -0.2) is 5.16 Å². The Hall–Kier alpha value is -2.03. The molecular weight excluding hydrogens is 178 g/mol. The van der Waals surface area contributed by atoms with Crippen LogP contribution in [-0.2, 0) is 0 Å². The topological polar surface area (TPSA) is 46.0 Å². The van der Waals surface area contributed by atoms with Crippen molar-refractivity contribution in [2.24, 2.45) is 0 Å². The van der Waals surface area contributed by atoms with E-state index in [1.54, 1.807) is 0 Å². The van der Waals surface area contributed by atoms with Gasteiger partial charge in [0.05, 0.1) is 11.3 Å². The summed E-state index contributed by atoms with van der Waals surface area (Å²) in [6, 6.07) is 9.50. The van der Waals surface area contributed by atoms with Crippen molar-refractivity contribution in [1.29, 1.82) is 0 Å². The summed E-state index contributed by atoms with van der Waals surface area (Å²) < 4.78 is 4.69. The van der Waals surface area contributed by atoms with Crippen molar-refractivity contribution in [3.05, 3.63) is 52.9 Å². The Bertz CT molecular complexity index is 494. The molecule has 70 valence electrons. The molecule has 0 bridgehead atoms. The lowest BCUT2D eigenvalue weighted by Gasteiger charge is -1.95. The molecule has 1 N–H and O–H groups in total. The highest BCUT2D eigenvalue weighted by Gasteiger charge is 2.09. The molecule has 0 atom stereocenters. The number of hydrogen-bond acceptors (Lipinski definition) is 2. The lowest BCUT2D eigenvalue weighted by molar-refractivity contribution is 0.393. The predicted octanol–water partition coefficient (Wildman–Crippen LogP) is 2.28. The SMILES string of the molecule is C=Cc1c(-c2ccccc2)[nH]oc1=O. The Labute approximate surface area is 80.7 Å². The van der Waals surface area contributed by atoms with Gasteiger partial charge < -0.3 is 4.52 Å². The van der Waals surface area contributed by atoms with E-state index < -0.39 is 0 Å². The van der Waals surface area contributed by atoms with Crippen molar-refractivity contribution < 1.29 is 4.52 Å². The van der Waals surface area contributed by atoms with Crippen LogP contribution < -0.4 is 5.63 Å². The molecule has 0 unspecified atom stereocenters. The molecule has 1 heterocycles. The van der Waals surface area contributed by atoms with E-state index in [0.717, 1.165) is 5.56 Å². The molecule has 3 nitrogen and oxygen atoms in total. The zero-order valence-corrected chi connectivity index (χ0v) is 7.49. The Balaban J connectivity index is 2.63. The molecule has 0 saturated heterocycles. The number of H-pyrrole nitrogens is 1. The summed E-state index contributed by atoms with van der Waals surface area (Å²) in [7, 11) is 0. The summed E-state index contributed by atoms with van der Waals surface area (Å²) in [6.45, 7) is 3.57. The van der Waals surface area contributed by atoms with E-state index in [1.165, 1.54) is 6.08 Å². The first kappa shape index (κ1) is 8.56. The summed E-state index contributed by atoms with van der Waals surface area (Å²) in [5.74, 6) is 0. The largest absolute Gasteiger partial charge is 0.365 e. The molecule has 0 aliphatic carbocycles. The summed E-state index contributed by atoms with van der Waals surface area (Å²) in [6.07, 6.45) is 1.49. The fraction of sp³-hybridized carbons (Fsp3) is 0.